The summed E-state index contributed by atoms with van der Waals surface area (Å²) in [6, 6.07) is 7.66. The molecule has 0 saturated heterocycles. The average Bonchev–Trinajstić information content (AvgIpc) is 3.43. The molecule has 1 amide bonds. The van der Waals surface area contributed by atoms with Crippen molar-refractivity contribution in [2.45, 2.75) is 19.3 Å². The summed E-state index contributed by atoms with van der Waals surface area (Å²) in [5, 5.41) is 40.4. The predicted octanol–water partition coefficient (Wildman–Crippen LogP) is 4.19. The summed E-state index contributed by atoms with van der Waals surface area (Å²) in [7, 11) is 1.62. The average molecular weight is 537 g/mol. The highest BCUT2D eigenvalue weighted by molar-refractivity contribution is 6.46. The van der Waals surface area contributed by atoms with E-state index in [0.717, 1.165) is 17.2 Å². The molecule has 3 rings (SSSR count). The fraction of sp³-hybridized carbons (Fsp3) is 0.154. The Labute approximate surface area is 222 Å². The summed E-state index contributed by atoms with van der Waals surface area (Å²) in [4.78, 5) is 39.4. The van der Waals surface area contributed by atoms with Gasteiger partial charge in [0.1, 0.15) is 17.9 Å². The van der Waals surface area contributed by atoms with Gasteiger partial charge in [-0.2, -0.15) is 0 Å². The lowest BCUT2D eigenvalue weighted by Crippen LogP contribution is -2.22. The van der Waals surface area contributed by atoms with E-state index in [1.54, 1.807) is 31.4 Å². The predicted molar refractivity (Wildman–Crippen MR) is 144 cm³/mol. The number of anilines is 2. The number of nitrogens with one attached hydrogen (secondary N) is 4. The number of carbonyl (C=O) groups is 3. The van der Waals surface area contributed by atoms with Crippen LogP contribution in [0.15, 0.2) is 61.2 Å². The second kappa shape index (κ2) is 12.5. The van der Waals surface area contributed by atoms with Crippen molar-refractivity contribution in [3.63, 3.8) is 0 Å². The van der Waals surface area contributed by atoms with Gasteiger partial charge in [0.15, 0.2) is 0 Å². The number of hydrogen-bond donors (Lipinski definition) is 6. The summed E-state index contributed by atoms with van der Waals surface area (Å²) >= 11 is 6.28. The fourth-order valence-corrected chi connectivity index (χ4v) is 3.89. The van der Waals surface area contributed by atoms with Crippen LogP contribution in [-0.2, 0) is 17.6 Å². The molecule has 0 bridgehead atoms. The number of benzene rings is 2. The number of aromatic carboxylic acids is 2. The van der Waals surface area contributed by atoms with Gasteiger partial charge in [-0.05, 0) is 66.8 Å². The number of rotatable bonds is 11. The molecule has 2 aromatic carbocycles. The van der Waals surface area contributed by atoms with Crippen molar-refractivity contribution < 1.29 is 24.6 Å². The minimum Gasteiger partial charge on any atom is -0.478 e. The van der Waals surface area contributed by atoms with Gasteiger partial charge in [-0.25, -0.2) is 14.6 Å². The van der Waals surface area contributed by atoms with Crippen molar-refractivity contribution in [2.75, 3.05) is 17.7 Å². The maximum Gasteiger partial charge on any atom is 0.337 e. The quantitative estimate of drug-likeness (QED) is 0.157. The van der Waals surface area contributed by atoms with Crippen LogP contribution in [0, 0.1) is 10.8 Å². The Morgan fingerprint density at radius 3 is 2.39 bits per heavy atom. The van der Waals surface area contributed by atoms with Crippen molar-refractivity contribution in [3.05, 3.63) is 88.5 Å². The summed E-state index contributed by atoms with van der Waals surface area (Å²) in [6.07, 6.45) is 8.50. The zero-order valence-electron chi connectivity index (χ0n) is 20.3. The maximum atomic E-state index is 12.5. The number of nitrogens with zero attached hydrogens (tertiary/aromatic N) is 2. The molecule has 38 heavy (non-hydrogen) atoms. The first-order valence-electron chi connectivity index (χ1n) is 11.3. The Hall–Kier alpha value is -4.77. The zero-order valence-corrected chi connectivity index (χ0v) is 21.0. The van der Waals surface area contributed by atoms with E-state index in [2.05, 4.69) is 15.6 Å². The van der Waals surface area contributed by atoms with E-state index in [4.69, 9.17) is 22.4 Å². The Morgan fingerprint density at radius 2 is 1.76 bits per heavy atom. The summed E-state index contributed by atoms with van der Waals surface area (Å²) in [5.41, 5.74) is 1.49. The van der Waals surface area contributed by atoms with Gasteiger partial charge in [-0.15, -0.1) is 0 Å². The first kappa shape index (κ1) is 27.8. The Bertz CT molecular complexity index is 1430. The molecule has 1 heterocycles. The van der Waals surface area contributed by atoms with Crippen molar-refractivity contribution in [1.29, 1.82) is 10.8 Å². The van der Waals surface area contributed by atoms with Crippen LogP contribution in [-0.4, -0.2) is 56.2 Å². The number of imidazole rings is 1. The molecule has 0 radical (unpaired) electrons. The van der Waals surface area contributed by atoms with Crippen molar-refractivity contribution in [1.82, 2.24) is 9.55 Å². The number of halogens is 1. The minimum atomic E-state index is -1.24. The van der Waals surface area contributed by atoms with E-state index in [-0.39, 0.29) is 22.6 Å². The van der Waals surface area contributed by atoms with Gasteiger partial charge in [-0.3, -0.25) is 20.2 Å². The third-order valence-corrected chi connectivity index (χ3v) is 5.95. The van der Waals surface area contributed by atoms with E-state index in [1.807, 2.05) is 0 Å². The van der Waals surface area contributed by atoms with Crippen molar-refractivity contribution >= 4 is 52.4 Å². The Kier molecular flexibility index (Phi) is 9.12. The third kappa shape index (κ3) is 6.92. The molecule has 0 atom stereocenters. The number of allylic oxidation sites excluding steroid dienone is 1. The van der Waals surface area contributed by atoms with E-state index in [1.165, 1.54) is 35.3 Å². The van der Waals surface area contributed by atoms with Crippen LogP contribution in [0.25, 0.3) is 0 Å². The lowest BCUT2D eigenvalue weighted by Gasteiger charge is -2.12. The van der Waals surface area contributed by atoms with Gasteiger partial charge < -0.3 is 20.8 Å². The van der Waals surface area contributed by atoms with Crippen molar-refractivity contribution in [2.24, 2.45) is 0 Å². The standard InChI is InChI=1S/C26H25ClN6O5/c1-30-21-12-16(19(27)13-18(21)26(37)38)4-2-3-15-5-6-17(25(35)36)22(11-15)32-24(34)20(28)7-8-23(29)33-10-9-31-14-33/h5-14,28-30H,2-4H2,1H3,(H,32,34)(H,35,36)(H,37,38)/b8-7-,28-20?,29-23?. The highest BCUT2D eigenvalue weighted by Gasteiger charge is 2.16. The van der Waals surface area contributed by atoms with Gasteiger partial charge in [-0.1, -0.05) is 17.7 Å². The topological polar surface area (TPSA) is 181 Å². The van der Waals surface area contributed by atoms with Gasteiger partial charge in [0.05, 0.1) is 16.8 Å². The number of amides is 1. The number of aryl methyl sites for hydroxylation is 2. The largest absolute Gasteiger partial charge is 0.478 e. The zero-order chi connectivity index (χ0) is 27.8. The SMILES string of the molecule is CNc1cc(CCCc2ccc(C(=O)O)c(NC(=O)C(=N)/C=C\C(=N)n3ccnc3)c2)c(Cl)cc1C(=O)O. The number of carboxylic acid groups (broad SMARTS) is 2. The summed E-state index contributed by atoms with van der Waals surface area (Å²) < 4.78 is 1.39. The van der Waals surface area contributed by atoms with Gasteiger partial charge >= 0.3 is 11.9 Å². The van der Waals surface area contributed by atoms with Crippen LogP contribution in [0.3, 0.4) is 0 Å². The lowest BCUT2D eigenvalue weighted by atomic mass is 10.00. The van der Waals surface area contributed by atoms with Crippen molar-refractivity contribution in [3.8, 4) is 0 Å². The van der Waals surface area contributed by atoms with Crippen LogP contribution in [0.4, 0.5) is 11.4 Å². The molecule has 0 fully saturated rings. The first-order chi connectivity index (χ1) is 18.1. The molecule has 0 saturated carbocycles. The molecule has 0 aliphatic carbocycles. The third-order valence-electron chi connectivity index (χ3n) is 5.60. The molecule has 0 unspecified atom stereocenters. The monoisotopic (exact) mass is 536 g/mol. The number of aromatic nitrogens is 2. The van der Waals surface area contributed by atoms with E-state index >= 15 is 0 Å². The second-order valence-electron chi connectivity index (χ2n) is 8.14. The highest BCUT2D eigenvalue weighted by atomic mass is 35.5. The first-order valence-corrected chi connectivity index (χ1v) is 11.7. The molecule has 0 spiro atoms. The molecule has 6 N–H and O–H groups in total. The van der Waals surface area contributed by atoms with E-state index in [0.29, 0.717) is 30.0 Å². The summed E-state index contributed by atoms with van der Waals surface area (Å²) in [5.74, 6) is -3.16. The number of carbonyl (C=O) groups excluding carboxylic acids is 1. The van der Waals surface area contributed by atoms with Crippen LogP contribution >= 0.6 is 11.6 Å². The normalized spacial score (nSPS) is 10.8. The molecular formula is C26H25ClN6O5. The second-order valence-corrected chi connectivity index (χ2v) is 8.55. The summed E-state index contributed by atoms with van der Waals surface area (Å²) in [6.45, 7) is 0. The number of hydrogen-bond acceptors (Lipinski definition) is 7. The van der Waals surface area contributed by atoms with Crippen LogP contribution in [0.2, 0.25) is 5.02 Å². The molecule has 12 heteroatoms. The Balaban J connectivity index is 1.69. The van der Waals surface area contributed by atoms with Gasteiger partial charge in [0.2, 0.25) is 0 Å². The van der Waals surface area contributed by atoms with Gasteiger partial charge in [0, 0.05) is 30.2 Å². The maximum absolute atomic E-state index is 12.5. The molecular weight excluding hydrogens is 512 g/mol. The van der Waals surface area contributed by atoms with Crippen LogP contribution in [0.5, 0.6) is 0 Å². The minimum absolute atomic E-state index is 0.00665. The molecule has 3 aromatic rings. The smallest absolute Gasteiger partial charge is 0.337 e. The molecule has 196 valence electrons. The van der Waals surface area contributed by atoms with E-state index in [9.17, 15) is 24.6 Å². The van der Waals surface area contributed by atoms with E-state index < -0.39 is 23.6 Å². The Morgan fingerprint density at radius 1 is 1.03 bits per heavy atom. The lowest BCUT2D eigenvalue weighted by molar-refractivity contribution is -0.110. The molecule has 0 aliphatic heterocycles. The van der Waals surface area contributed by atoms with Gasteiger partial charge in [0.25, 0.3) is 5.91 Å². The molecule has 0 aliphatic rings. The molecule has 11 nitrogen and oxygen atoms in total. The van der Waals surface area contributed by atoms with Crippen LogP contribution < -0.4 is 10.6 Å². The number of carboxylic acids is 2. The fourth-order valence-electron chi connectivity index (χ4n) is 3.63. The molecule has 1 aromatic heterocycles. The highest BCUT2D eigenvalue weighted by Crippen LogP contribution is 2.27. The van der Waals surface area contributed by atoms with Crippen LogP contribution in [0.1, 0.15) is 38.3 Å².